The number of pyridine rings is 1. The zero-order valence-electron chi connectivity index (χ0n) is 17.6. The first-order valence-corrected chi connectivity index (χ1v) is 18.0. The predicted octanol–water partition coefficient (Wildman–Crippen LogP) is 4.94. The van der Waals surface area contributed by atoms with Gasteiger partial charge in [0.2, 0.25) is 0 Å². The summed E-state index contributed by atoms with van der Waals surface area (Å²) in [5.41, 5.74) is 1.85. The van der Waals surface area contributed by atoms with Crippen molar-refractivity contribution in [2.45, 2.75) is 79.5 Å². The summed E-state index contributed by atoms with van der Waals surface area (Å²) in [7, 11) is 0. The van der Waals surface area contributed by atoms with E-state index in [0.717, 1.165) is 11.4 Å². The molecule has 8 heteroatoms. The molecule has 0 amide bonds. The van der Waals surface area contributed by atoms with Crippen molar-refractivity contribution in [1.82, 2.24) is 20.0 Å². The SMILES string of the molecule is CCC[CH2][Sn]([CH2]CCC)([CH2]CCC)[c]1nnn(-c2ccc([N+](=O)[O-])nc2)c1C. The summed E-state index contributed by atoms with van der Waals surface area (Å²) in [5, 5.41) is 20.1. The van der Waals surface area contributed by atoms with E-state index in [-0.39, 0.29) is 5.82 Å². The maximum atomic E-state index is 10.9. The van der Waals surface area contributed by atoms with E-state index in [1.165, 1.54) is 67.8 Å². The molecule has 0 fully saturated rings. The fourth-order valence-electron chi connectivity index (χ4n) is 3.95. The van der Waals surface area contributed by atoms with Gasteiger partial charge in [-0.2, -0.15) is 0 Å². The van der Waals surface area contributed by atoms with Crippen molar-refractivity contribution >= 4 is 27.9 Å². The van der Waals surface area contributed by atoms with Gasteiger partial charge in [-0.05, 0) is 0 Å². The van der Waals surface area contributed by atoms with Crippen LogP contribution in [0.15, 0.2) is 18.3 Å². The number of nitro groups is 1. The van der Waals surface area contributed by atoms with Crippen molar-refractivity contribution in [3.05, 3.63) is 34.1 Å². The number of hydrogen-bond acceptors (Lipinski definition) is 5. The summed E-state index contributed by atoms with van der Waals surface area (Å²) in [6.07, 6.45) is 8.99. The number of aromatic nitrogens is 4. The zero-order chi connectivity index (χ0) is 20.6. The van der Waals surface area contributed by atoms with Crippen LogP contribution in [-0.4, -0.2) is 43.3 Å². The standard InChI is InChI=1S/C8H6N5O2.3C4H9.Sn/c1-6-4-10-11-12(6)7-2-3-8(9-5-7)13(14)15;3*1-3-4-2;/h2-3,5H,1H3;3*1,3-4H2,2H3;. The quantitative estimate of drug-likeness (QED) is 0.237. The molecular weight excluding hydrogens is 461 g/mol. The molecule has 0 saturated carbocycles. The van der Waals surface area contributed by atoms with Gasteiger partial charge in [0, 0.05) is 0 Å². The topological polar surface area (TPSA) is 86.7 Å². The van der Waals surface area contributed by atoms with Crippen LogP contribution >= 0.6 is 0 Å². The minimum absolute atomic E-state index is 0.149. The van der Waals surface area contributed by atoms with E-state index < -0.39 is 23.3 Å². The predicted molar refractivity (Wildman–Crippen MR) is 115 cm³/mol. The van der Waals surface area contributed by atoms with Crippen LogP contribution in [-0.2, 0) is 0 Å². The first-order chi connectivity index (χ1) is 13.5. The second-order valence-electron chi connectivity index (χ2n) is 7.66. The summed E-state index contributed by atoms with van der Waals surface area (Å²) >= 11 is -2.66. The van der Waals surface area contributed by atoms with Crippen molar-refractivity contribution in [3.8, 4) is 5.69 Å². The number of unbranched alkanes of at least 4 members (excludes halogenated alkanes) is 3. The molecule has 0 bridgehead atoms. The molecule has 0 aliphatic carbocycles. The summed E-state index contributed by atoms with van der Waals surface area (Å²) in [5.74, 6) is -0.149. The average Bonchev–Trinajstić information content (AvgIpc) is 3.10. The summed E-state index contributed by atoms with van der Waals surface area (Å²) in [6, 6.07) is 3.13. The average molecular weight is 494 g/mol. The van der Waals surface area contributed by atoms with E-state index in [0.29, 0.717) is 0 Å². The van der Waals surface area contributed by atoms with Gasteiger partial charge in [0.1, 0.15) is 0 Å². The first kappa shape index (κ1) is 22.8. The van der Waals surface area contributed by atoms with E-state index >= 15 is 0 Å². The molecule has 28 heavy (non-hydrogen) atoms. The van der Waals surface area contributed by atoms with Crippen LogP contribution in [0.1, 0.15) is 65.0 Å². The molecule has 0 saturated heterocycles. The first-order valence-electron chi connectivity index (χ1n) is 10.5. The fourth-order valence-corrected chi connectivity index (χ4v) is 20.2. The summed E-state index contributed by atoms with van der Waals surface area (Å²) in [6.45, 7) is 8.90. The third-order valence-corrected chi connectivity index (χ3v) is 21.0. The van der Waals surface area contributed by atoms with Gasteiger partial charge in [-0.25, -0.2) is 0 Å². The van der Waals surface area contributed by atoms with Crippen molar-refractivity contribution in [3.63, 3.8) is 0 Å². The van der Waals surface area contributed by atoms with Crippen molar-refractivity contribution < 1.29 is 4.92 Å². The van der Waals surface area contributed by atoms with E-state index in [1.807, 2.05) is 4.68 Å². The second-order valence-corrected chi connectivity index (χ2v) is 20.6. The molecule has 2 rings (SSSR count). The molecule has 0 atom stereocenters. The molecule has 2 aromatic heterocycles. The van der Waals surface area contributed by atoms with E-state index in [2.05, 4.69) is 37.9 Å². The molecule has 0 aromatic carbocycles. The van der Waals surface area contributed by atoms with Crippen LogP contribution in [0.2, 0.25) is 13.3 Å². The normalized spacial score (nSPS) is 11.7. The number of nitrogens with zero attached hydrogens (tertiary/aromatic N) is 5. The van der Waals surface area contributed by atoms with E-state index in [1.54, 1.807) is 6.07 Å². The zero-order valence-corrected chi connectivity index (χ0v) is 20.5. The van der Waals surface area contributed by atoms with Gasteiger partial charge in [-0.15, -0.1) is 0 Å². The van der Waals surface area contributed by atoms with Crippen LogP contribution in [0.5, 0.6) is 0 Å². The van der Waals surface area contributed by atoms with Crippen molar-refractivity contribution in [2.75, 3.05) is 0 Å². The van der Waals surface area contributed by atoms with E-state index in [4.69, 9.17) is 5.10 Å². The number of hydrogen-bond donors (Lipinski definition) is 0. The van der Waals surface area contributed by atoms with Gasteiger partial charge in [0.05, 0.1) is 0 Å². The number of rotatable bonds is 12. The molecular formula is C20H33N5O2Sn. The molecule has 154 valence electrons. The summed E-state index contributed by atoms with van der Waals surface area (Å²) in [4.78, 5) is 14.3. The van der Waals surface area contributed by atoms with Gasteiger partial charge in [0.25, 0.3) is 0 Å². The Morgan fingerprint density at radius 3 is 2.04 bits per heavy atom. The molecule has 0 spiro atoms. The molecule has 0 aliphatic rings. The monoisotopic (exact) mass is 495 g/mol. The van der Waals surface area contributed by atoms with Gasteiger partial charge in [-0.3, -0.25) is 0 Å². The maximum absolute atomic E-state index is 10.9. The van der Waals surface area contributed by atoms with Crippen LogP contribution in [0, 0.1) is 17.0 Å². The van der Waals surface area contributed by atoms with Crippen LogP contribution in [0.4, 0.5) is 5.82 Å². The molecule has 0 aliphatic heterocycles. The summed E-state index contributed by atoms with van der Waals surface area (Å²) < 4.78 is 7.13. The molecule has 0 unspecified atom stereocenters. The third kappa shape index (κ3) is 5.30. The molecule has 2 heterocycles. The van der Waals surface area contributed by atoms with Gasteiger partial charge in [-0.1, -0.05) is 0 Å². The van der Waals surface area contributed by atoms with Crippen molar-refractivity contribution in [2.24, 2.45) is 0 Å². The van der Waals surface area contributed by atoms with E-state index in [9.17, 15) is 10.1 Å². The minimum atomic E-state index is -2.66. The third-order valence-electron chi connectivity index (χ3n) is 5.59. The second kappa shape index (κ2) is 10.9. The molecule has 2 aromatic rings. The van der Waals surface area contributed by atoms with Crippen LogP contribution in [0.3, 0.4) is 0 Å². The van der Waals surface area contributed by atoms with Gasteiger partial charge < -0.3 is 0 Å². The Morgan fingerprint density at radius 1 is 1.04 bits per heavy atom. The Balaban J connectivity index is 2.44. The van der Waals surface area contributed by atoms with Crippen molar-refractivity contribution in [1.29, 1.82) is 0 Å². The molecule has 7 nitrogen and oxygen atoms in total. The molecule has 0 radical (unpaired) electrons. The Kier molecular flexibility index (Phi) is 8.85. The Hall–Kier alpha value is -1.51. The fraction of sp³-hybridized carbons (Fsp3) is 0.650. The van der Waals surface area contributed by atoms with Gasteiger partial charge in [0.15, 0.2) is 0 Å². The Morgan fingerprint density at radius 2 is 1.61 bits per heavy atom. The van der Waals surface area contributed by atoms with Crippen LogP contribution < -0.4 is 3.71 Å². The van der Waals surface area contributed by atoms with Crippen LogP contribution in [0.25, 0.3) is 5.69 Å². The molecule has 0 N–H and O–H groups in total. The Labute approximate surface area is 172 Å². The van der Waals surface area contributed by atoms with Gasteiger partial charge >= 0.3 is 172 Å². The Bertz CT molecular complexity index is 739.